The fraction of sp³-hybridized carbons (Fsp3) is 0.316. The Balaban J connectivity index is 2.29. The first-order valence-corrected chi connectivity index (χ1v) is 7.39. The summed E-state index contributed by atoms with van der Waals surface area (Å²) in [6, 6.07) is 13.3. The van der Waals surface area contributed by atoms with Crippen LogP contribution in [0, 0.1) is 20.8 Å². The molecule has 0 fully saturated rings. The van der Waals surface area contributed by atoms with E-state index in [1.54, 1.807) is 0 Å². The Bertz CT molecular complexity index is 730. The molecule has 0 bridgehead atoms. The van der Waals surface area contributed by atoms with Gasteiger partial charge in [-0.2, -0.15) is 0 Å². The zero-order valence-electron chi connectivity index (χ0n) is 13.4. The molecule has 0 saturated heterocycles. The van der Waals surface area contributed by atoms with Gasteiger partial charge in [0.2, 0.25) is 0 Å². The third-order valence-electron chi connectivity index (χ3n) is 4.67. The lowest BCUT2D eigenvalue weighted by Crippen LogP contribution is -2.43. The molecule has 0 saturated carbocycles. The fourth-order valence-corrected chi connectivity index (χ4v) is 3.21. The number of benzene rings is 2. The average Bonchev–Trinajstić information content (AvgIpc) is 2.45. The number of rotatable bonds is 1. The van der Waals surface area contributed by atoms with E-state index < -0.39 is 0 Å². The van der Waals surface area contributed by atoms with Crippen LogP contribution in [0.25, 0.3) is 0 Å². The molecule has 0 N–H and O–H groups in total. The van der Waals surface area contributed by atoms with Gasteiger partial charge in [-0.25, -0.2) is 4.99 Å². The summed E-state index contributed by atoms with van der Waals surface area (Å²) in [5.41, 5.74) is 7.38. The lowest BCUT2D eigenvalue weighted by Gasteiger charge is -2.43. The van der Waals surface area contributed by atoms with Crippen molar-refractivity contribution < 1.29 is 0 Å². The molecule has 1 aliphatic rings. The highest BCUT2D eigenvalue weighted by Crippen LogP contribution is 2.43. The Morgan fingerprint density at radius 2 is 1.57 bits per heavy atom. The van der Waals surface area contributed by atoms with Crippen molar-refractivity contribution >= 4 is 12.0 Å². The molecule has 1 unspecified atom stereocenters. The van der Waals surface area contributed by atoms with E-state index >= 15 is 0 Å². The van der Waals surface area contributed by atoms with E-state index in [2.05, 4.69) is 81.0 Å². The first-order chi connectivity index (χ1) is 9.92. The summed E-state index contributed by atoms with van der Waals surface area (Å²) in [5.74, 6) is 0. The summed E-state index contributed by atoms with van der Waals surface area (Å²) in [6.07, 6.45) is 1.95. The third kappa shape index (κ3) is 2.06. The Kier molecular flexibility index (Phi) is 3.12. The lowest BCUT2D eigenvalue weighted by molar-refractivity contribution is 0.291. The molecule has 1 heterocycles. The number of hydrogen-bond donors (Lipinski definition) is 0. The van der Waals surface area contributed by atoms with Gasteiger partial charge in [0.25, 0.3) is 0 Å². The number of fused-ring (bicyclic) bond motifs is 1. The van der Waals surface area contributed by atoms with Crippen molar-refractivity contribution in [2.24, 2.45) is 4.99 Å². The number of hydrogen-bond acceptors (Lipinski definition) is 2. The molecule has 2 aromatic carbocycles. The molecular formula is C19H22N2. The molecular weight excluding hydrogens is 256 g/mol. The minimum Gasteiger partial charge on any atom is -0.352 e. The van der Waals surface area contributed by atoms with Gasteiger partial charge in [0.1, 0.15) is 0 Å². The SMILES string of the molecule is Cc1ccc2c(c1)N=CN(C)C2(C)c1cc(C)ccc1C. The first kappa shape index (κ1) is 13.9. The summed E-state index contributed by atoms with van der Waals surface area (Å²) in [5, 5.41) is 0. The van der Waals surface area contributed by atoms with E-state index in [1.807, 2.05) is 6.34 Å². The highest BCUT2D eigenvalue weighted by atomic mass is 15.2. The second kappa shape index (κ2) is 4.73. The highest BCUT2D eigenvalue weighted by molar-refractivity contribution is 5.72. The summed E-state index contributed by atoms with van der Waals surface area (Å²) < 4.78 is 0. The monoisotopic (exact) mass is 278 g/mol. The molecule has 108 valence electrons. The Morgan fingerprint density at radius 3 is 2.33 bits per heavy atom. The van der Waals surface area contributed by atoms with Crippen molar-refractivity contribution in [3.63, 3.8) is 0 Å². The van der Waals surface area contributed by atoms with Gasteiger partial charge in [-0.1, -0.05) is 35.9 Å². The molecule has 3 rings (SSSR count). The second-order valence-electron chi connectivity index (χ2n) is 6.27. The minimum absolute atomic E-state index is 0.180. The predicted molar refractivity (Wildman–Crippen MR) is 89.5 cm³/mol. The number of nitrogens with zero attached hydrogens (tertiary/aromatic N) is 2. The van der Waals surface area contributed by atoms with Crippen LogP contribution in [-0.4, -0.2) is 18.3 Å². The first-order valence-electron chi connectivity index (χ1n) is 7.39. The molecule has 0 aliphatic carbocycles. The van der Waals surface area contributed by atoms with Gasteiger partial charge in [0, 0.05) is 12.6 Å². The topological polar surface area (TPSA) is 15.6 Å². The third-order valence-corrected chi connectivity index (χ3v) is 4.67. The van der Waals surface area contributed by atoms with E-state index in [9.17, 15) is 0 Å². The zero-order valence-corrected chi connectivity index (χ0v) is 13.4. The maximum atomic E-state index is 4.61. The predicted octanol–water partition coefficient (Wildman–Crippen LogP) is 4.48. The molecule has 2 aromatic rings. The molecule has 0 amide bonds. The van der Waals surface area contributed by atoms with E-state index in [-0.39, 0.29) is 5.54 Å². The average molecular weight is 278 g/mol. The standard InChI is InChI=1S/C19H22N2/c1-13-6-8-15(3)17(10-13)19(4)16-9-7-14(2)11-18(16)20-12-21(19)5/h6-12H,1-5H3. The molecule has 0 aromatic heterocycles. The molecule has 1 atom stereocenters. The van der Waals surface area contributed by atoms with Gasteiger partial charge in [0.05, 0.1) is 17.6 Å². The Morgan fingerprint density at radius 1 is 0.905 bits per heavy atom. The van der Waals surface area contributed by atoms with E-state index in [4.69, 9.17) is 0 Å². The number of aryl methyl sites for hydroxylation is 3. The number of aliphatic imine (C=N–C) groups is 1. The maximum absolute atomic E-state index is 4.61. The van der Waals surface area contributed by atoms with Gasteiger partial charge >= 0.3 is 0 Å². The molecule has 2 nitrogen and oxygen atoms in total. The van der Waals surface area contributed by atoms with Gasteiger partial charge in [-0.3, -0.25) is 0 Å². The quantitative estimate of drug-likeness (QED) is 0.751. The summed E-state index contributed by atoms with van der Waals surface area (Å²) in [7, 11) is 2.11. The zero-order chi connectivity index (χ0) is 15.2. The van der Waals surface area contributed by atoms with Crippen LogP contribution in [0.2, 0.25) is 0 Å². The van der Waals surface area contributed by atoms with Crippen LogP contribution in [0.4, 0.5) is 5.69 Å². The van der Waals surface area contributed by atoms with Crippen molar-refractivity contribution in [1.82, 2.24) is 4.90 Å². The van der Waals surface area contributed by atoms with Crippen molar-refractivity contribution in [3.8, 4) is 0 Å². The smallest absolute Gasteiger partial charge is 0.0919 e. The van der Waals surface area contributed by atoms with Crippen LogP contribution in [0.15, 0.2) is 41.4 Å². The summed E-state index contributed by atoms with van der Waals surface area (Å²) >= 11 is 0. The van der Waals surface area contributed by atoms with E-state index in [0.717, 1.165) is 5.69 Å². The van der Waals surface area contributed by atoms with Crippen molar-refractivity contribution in [1.29, 1.82) is 0 Å². The van der Waals surface area contributed by atoms with E-state index in [1.165, 1.54) is 27.8 Å². The Hall–Kier alpha value is -2.09. The Labute approximate surface area is 127 Å². The summed E-state index contributed by atoms with van der Waals surface area (Å²) in [6.45, 7) is 8.74. The van der Waals surface area contributed by atoms with Crippen LogP contribution < -0.4 is 0 Å². The van der Waals surface area contributed by atoms with Gasteiger partial charge < -0.3 is 4.90 Å². The van der Waals surface area contributed by atoms with Crippen LogP contribution in [0.1, 0.15) is 34.7 Å². The molecule has 0 spiro atoms. The largest absolute Gasteiger partial charge is 0.352 e. The van der Waals surface area contributed by atoms with Gasteiger partial charge in [-0.15, -0.1) is 0 Å². The van der Waals surface area contributed by atoms with Crippen molar-refractivity contribution in [3.05, 3.63) is 64.2 Å². The van der Waals surface area contributed by atoms with Crippen LogP contribution in [0.3, 0.4) is 0 Å². The van der Waals surface area contributed by atoms with Crippen LogP contribution in [0.5, 0.6) is 0 Å². The fourth-order valence-electron chi connectivity index (χ4n) is 3.21. The normalized spacial score (nSPS) is 20.5. The highest BCUT2D eigenvalue weighted by Gasteiger charge is 2.37. The lowest BCUT2D eigenvalue weighted by atomic mass is 9.79. The van der Waals surface area contributed by atoms with E-state index in [0.29, 0.717) is 0 Å². The van der Waals surface area contributed by atoms with Crippen LogP contribution in [-0.2, 0) is 5.54 Å². The molecule has 21 heavy (non-hydrogen) atoms. The van der Waals surface area contributed by atoms with Crippen molar-refractivity contribution in [2.75, 3.05) is 7.05 Å². The molecule has 0 radical (unpaired) electrons. The van der Waals surface area contributed by atoms with Gasteiger partial charge in [0.15, 0.2) is 0 Å². The van der Waals surface area contributed by atoms with Crippen molar-refractivity contribution in [2.45, 2.75) is 33.2 Å². The van der Waals surface area contributed by atoms with Gasteiger partial charge in [-0.05, 0) is 50.5 Å². The maximum Gasteiger partial charge on any atom is 0.0919 e. The van der Waals surface area contributed by atoms with Crippen LogP contribution >= 0.6 is 0 Å². The minimum atomic E-state index is -0.180. The molecule has 2 heteroatoms. The second-order valence-corrected chi connectivity index (χ2v) is 6.27. The molecule has 1 aliphatic heterocycles. The summed E-state index contributed by atoms with van der Waals surface area (Å²) in [4.78, 5) is 6.82.